The monoisotopic (exact) mass is 540 g/mol. The van der Waals surface area contributed by atoms with Crippen molar-refractivity contribution in [3.05, 3.63) is 80.4 Å². The number of carbonyl (C=O) groups excluding carboxylic acids is 2. The third-order valence-corrected chi connectivity index (χ3v) is 8.14. The Bertz CT molecular complexity index is 1290. The largest absolute Gasteiger partial charge is 0.508 e. The Morgan fingerprint density at radius 2 is 1.84 bits per heavy atom. The lowest BCUT2D eigenvalue weighted by atomic mass is 9.71. The number of pyridine rings is 1. The van der Waals surface area contributed by atoms with Crippen LogP contribution in [0.3, 0.4) is 0 Å². The molecular formula is C29H30Cl2N2O4. The van der Waals surface area contributed by atoms with Crippen molar-refractivity contribution in [2.24, 2.45) is 5.92 Å². The number of allylic oxidation sites excluding steroid dienone is 3. The molecule has 1 saturated carbocycles. The molecule has 8 heteroatoms. The van der Waals surface area contributed by atoms with E-state index in [9.17, 15) is 14.7 Å². The van der Waals surface area contributed by atoms with Crippen LogP contribution in [-0.2, 0) is 14.3 Å². The van der Waals surface area contributed by atoms with Crippen LogP contribution in [0.5, 0.6) is 5.75 Å². The van der Waals surface area contributed by atoms with Crippen molar-refractivity contribution in [2.45, 2.75) is 70.3 Å². The molecule has 0 spiro atoms. The van der Waals surface area contributed by atoms with Crippen LogP contribution in [-0.4, -0.2) is 27.9 Å². The number of nitrogens with zero attached hydrogens (tertiary/aromatic N) is 1. The molecule has 2 N–H and O–H groups in total. The molecule has 2 unspecified atom stereocenters. The van der Waals surface area contributed by atoms with Crippen molar-refractivity contribution < 1.29 is 19.4 Å². The summed E-state index contributed by atoms with van der Waals surface area (Å²) < 4.78 is 5.98. The number of hydrogen-bond acceptors (Lipinski definition) is 6. The molecule has 2 aliphatic carbocycles. The summed E-state index contributed by atoms with van der Waals surface area (Å²) in [5.41, 5.74) is 3.84. The Morgan fingerprint density at radius 3 is 2.49 bits per heavy atom. The van der Waals surface area contributed by atoms with E-state index in [0.717, 1.165) is 37.1 Å². The van der Waals surface area contributed by atoms with E-state index in [4.69, 9.17) is 27.9 Å². The zero-order chi connectivity index (χ0) is 26.3. The number of ether oxygens (including phenoxy) is 1. The number of benzene rings is 1. The summed E-state index contributed by atoms with van der Waals surface area (Å²) in [6.07, 6.45) is 7.44. The minimum Gasteiger partial charge on any atom is -0.508 e. The van der Waals surface area contributed by atoms with Gasteiger partial charge in [-0.15, -0.1) is 0 Å². The second-order valence-corrected chi connectivity index (χ2v) is 11.2. The van der Waals surface area contributed by atoms with Gasteiger partial charge in [0, 0.05) is 41.7 Å². The first-order valence-corrected chi connectivity index (χ1v) is 13.6. The van der Waals surface area contributed by atoms with Gasteiger partial charge >= 0.3 is 5.97 Å². The predicted octanol–water partition coefficient (Wildman–Crippen LogP) is 6.58. The maximum atomic E-state index is 13.9. The number of carbonyl (C=O) groups is 2. The smallest absolute Gasteiger partial charge is 0.337 e. The molecule has 1 fully saturated rings. The topological polar surface area (TPSA) is 88.5 Å². The average molecular weight is 541 g/mol. The van der Waals surface area contributed by atoms with Gasteiger partial charge in [-0.25, -0.2) is 4.79 Å². The van der Waals surface area contributed by atoms with Gasteiger partial charge < -0.3 is 15.2 Å². The lowest BCUT2D eigenvalue weighted by molar-refractivity contribution is -0.144. The maximum Gasteiger partial charge on any atom is 0.337 e. The average Bonchev–Trinajstić information content (AvgIpc) is 3.35. The number of ketones is 1. The van der Waals surface area contributed by atoms with E-state index in [2.05, 4.69) is 10.3 Å². The van der Waals surface area contributed by atoms with Crippen LogP contribution < -0.4 is 5.32 Å². The van der Waals surface area contributed by atoms with Crippen molar-refractivity contribution in [1.82, 2.24) is 10.3 Å². The van der Waals surface area contributed by atoms with Gasteiger partial charge in [0.05, 0.1) is 15.6 Å². The maximum absolute atomic E-state index is 13.9. The molecule has 1 aromatic carbocycles. The summed E-state index contributed by atoms with van der Waals surface area (Å²) in [7, 11) is 0. The summed E-state index contributed by atoms with van der Waals surface area (Å²) in [6.45, 7) is 4.02. The van der Waals surface area contributed by atoms with Gasteiger partial charge in [-0.3, -0.25) is 9.78 Å². The van der Waals surface area contributed by atoms with E-state index in [-0.39, 0.29) is 35.9 Å². The first kappa shape index (κ1) is 25.8. The van der Waals surface area contributed by atoms with Gasteiger partial charge in [-0.1, -0.05) is 49.2 Å². The molecule has 0 radical (unpaired) electrons. The summed E-state index contributed by atoms with van der Waals surface area (Å²) in [5, 5.41) is 14.6. The minimum absolute atomic E-state index is 0.0384. The summed E-state index contributed by atoms with van der Waals surface area (Å²) in [5.74, 6) is -1.34. The fraction of sp³-hybridized carbons (Fsp3) is 0.414. The third-order valence-electron chi connectivity index (χ3n) is 7.54. The summed E-state index contributed by atoms with van der Waals surface area (Å²) in [6, 6.07) is 6.78. The molecule has 2 aromatic rings. The van der Waals surface area contributed by atoms with Gasteiger partial charge in [0.15, 0.2) is 5.78 Å². The Balaban J connectivity index is 1.62. The molecule has 3 aliphatic rings. The number of aromatic nitrogens is 1. The van der Waals surface area contributed by atoms with Crippen LogP contribution in [0.25, 0.3) is 0 Å². The SMILES string of the molecule is CC(C)C1=C(C(=O)OC2CCCC2)C(c2cccc(O)c2)C2=C(CC(c3c(Cl)cncc3Cl)CC2=O)N1. The van der Waals surface area contributed by atoms with E-state index < -0.39 is 11.9 Å². The number of dihydropyridines is 1. The Morgan fingerprint density at radius 1 is 1.14 bits per heavy atom. The van der Waals surface area contributed by atoms with E-state index in [1.165, 1.54) is 12.4 Å². The predicted molar refractivity (Wildman–Crippen MR) is 142 cm³/mol. The van der Waals surface area contributed by atoms with Crippen molar-refractivity contribution >= 4 is 35.0 Å². The zero-order valence-electron chi connectivity index (χ0n) is 20.9. The highest BCUT2D eigenvalue weighted by atomic mass is 35.5. The molecule has 2 heterocycles. The number of aromatic hydroxyl groups is 1. The van der Waals surface area contributed by atoms with Gasteiger partial charge in [0.1, 0.15) is 11.9 Å². The van der Waals surface area contributed by atoms with Crippen molar-refractivity contribution in [1.29, 1.82) is 0 Å². The van der Waals surface area contributed by atoms with Crippen molar-refractivity contribution in [3.8, 4) is 5.75 Å². The van der Waals surface area contributed by atoms with Crippen LogP contribution in [0.2, 0.25) is 10.0 Å². The summed E-state index contributed by atoms with van der Waals surface area (Å²) >= 11 is 12.9. The lowest BCUT2D eigenvalue weighted by Crippen LogP contribution is -2.38. The fourth-order valence-electron chi connectivity index (χ4n) is 5.87. The Labute approximate surface area is 226 Å². The minimum atomic E-state index is -0.647. The Kier molecular flexibility index (Phi) is 7.32. The molecule has 2 atom stereocenters. The van der Waals surface area contributed by atoms with E-state index in [1.807, 2.05) is 19.9 Å². The zero-order valence-corrected chi connectivity index (χ0v) is 22.4. The third kappa shape index (κ3) is 5.01. The molecule has 0 amide bonds. The van der Waals surface area contributed by atoms with Crippen LogP contribution in [0.1, 0.15) is 75.3 Å². The van der Waals surface area contributed by atoms with E-state index >= 15 is 0 Å². The van der Waals surface area contributed by atoms with Gasteiger partial charge in [0.2, 0.25) is 0 Å². The highest BCUT2D eigenvalue weighted by molar-refractivity contribution is 6.36. The number of halogens is 2. The molecule has 1 aromatic heterocycles. The molecule has 1 aliphatic heterocycles. The van der Waals surface area contributed by atoms with Gasteiger partial charge in [-0.2, -0.15) is 0 Å². The van der Waals surface area contributed by atoms with E-state index in [1.54, 1.807) is 18.2 Å². The van der Waals surface area contributed by atoms with E-state index in [0.29, 0.717) is 38.7 Å². The normalized spacial score (nSPS) is 22.4. The van der Waals surface area contributed by atoms with Crippen LogP contribution in [0.15, 0.2) is 59.2 Å². The highest BCUT2D eigenvalue weighted by Gasteiger charge is 2.43. The number of phenolic OH excluding ortho intramolecular Hbond substituents is 1. The van der Waals surface area contributed by atoms with Crippen LogP contribution in [0, 0.1) is 5.92 Å². The number of esters is 1. The molecule has 0 bridgehead atoms. The molecule has 194 valence electrons. The number of rotatable bonds is 5. The number of phenols is 1. The number of hydrogen-bond donors (Lipinski definition) is 2. The van der Waals surface area contributed by atoms with Crippen molar-refractivity contribution in [3.63, 3.8) is 0 Å². The van der Waals surface area contributed by atoms with Gasteiger partial charge in [-0.05, 0) is 67.2 Å². The highest BCUT2D eigenvalue weighted by Crippen LogP contribution is 2.49. The second kappa shape index (κ2) is 10.5. The molecule has 0 saturated heterocycles. The lowest BCUT2D eigenvalue weighted by Gasteiger charge is -2.38. The summed E-state index contributed by atoms with van der Waals surface area (Å²) in [4.78, 5) is 31.6. The van der Waals surface area contributed by atoms with Crippen LogP contribution in [0.4, 0.5) is 0 Å². The number of nitrogens with one attached hydrogen (secondary N) is 1. The first-order valence-electron chi connectivity index (χ1n) is 12.8. The number of Topliss-reactive ketones (excluding diaryl/α,β-unsaturated/α-hetero) is 1. The van der Waals surface area contributed by atoms with Crippen molar-refractivity contribution in [2.75, 3.05) is 0 Å². The van der Waals surface area contributed by atoms with Crippen LogP contribution >= 0.6 is 23.2 Å². The Hall–Kier alpha value is -2.83. The molecule has 37 heavy (non-hydrogen) atoms. The quantitative estimate of drug-likeness (QED) is 0.416. The second-order valence-electron chi connectivity index (χ2n) is 10.4. The molecule has 5 rings (SSSR count). The molecular weight excluding hydrogens is 511 g/mol. The standard InChI is InChI=1S/C29H30Cl2N2O4/c1-15(2)28-27(29(36)37-19-8-3-4-9-19)25(16-6-5-7-18(34)10-16)26-22(33-28)11-17(12-23(26)35)24-20(30)13-32-14-21(24)31/h5-7,10,13-15,17,19,25,33-34H,3-4,8-9,11-12H2,1-2H3. The molecule has 6 nitrogen and oxygen atoms in total. The fourth-order valence-corrected chi connectivity index (χ4v) is 6.54. The van der Waals surface area contributed by atoms with Gasteiger partial charge in [0.25, 0.3) is 0 Å². The first-order chi connectivity index (χ1) is 17.7.